The Morgan fingerprint density at radius 2 is 2.44 bits per heavy atom. The number of aromatic nitrogens is 3. The molecule has 0 radical (unpaired) electrons. The summed E-state index contributed by atoms with van der Waals surface area (Å²) >= 11 is 0. The van der Waals surface area contributed by atoms with Crippen LogP contribution in [-0.2, 0) is 4.79 Å². The zero-order chi connectivity index (χ0) is 11.0. The average Bonchev–Trinajstić information content (AvgIpc) is 2.72. The van der Waals surface area contributed by atoms with Gasteiger partial charge in [0.05, 0.1) is 17.8 Å². The third-order valence-electron chi connectivity index (χ3n) is 2.86. The highest BCUT2D eigenvalue weighted by molar-refractivity contribution is 5.80. The van der Waals surface area contributed by atoms with Gasteiger partial charge >= 0.3 is 0 Å². The Morgan fingerprint density at radius 3 is 3.31 bits per heavy atom. The van der Waals surface area contributed by atoms with E-state index in [1.807, 2.05) is 12.1 Å². The van der Waals surface area contributed by atoms with E-state index in [0.29, 0.717) is 12.8 Å². The van der Waals surface area contributed by atoms with Crippen LogP contribution in [0.2, 0.25) is 0 Å². The number of ketones is 1. The Hall–Kier alpha value is -1.75. The van der Waals surface area contributed by atoms with Crippen molar-refractivity contribution in [3.63, 3.8) is 0 Å². The second kappa shape index (κ2) is 3.68. The van der Waals surface area contributed by atoms with Gasteiger partial charge in [0.2, 0.25) is 0 Å². The van der Waals surface area contributed by atoms with Crippen LogP contribution in [0.15, 0.2) is 24.5 Å². The Balaban J connectivity index is 2.02. The molecule has 1 saturated heterocycles. The molecule has 16 heavy (non-hydrogen) atoms. The van der Waals surface area contributed by atoms with Gasteiger partial charge in [-0.3, -0.25) is 4.79 Å². The Kier molecular flexibility index (Phi) is 2.18. The summed E-state index contributed by atoms with van der Waals surface area (Å²) < 4.78 is 1.79. The van der Waals surface area contributed by atoms with Gasteiger partial charge in [-0.15, -0.1) is 0 Å². The lowest BCUT2D eigenvalue weighted by Crippen LogP contribution is -2.33. The maximum absolute atomic E-state index is 11.4. The van der Waals surface area contributed by atoms with Crippen LogP contribution in [0, 0.1) is 0 Å². The molecule has 0 bridgehead atoms. The lowest BCUT2D eigenvalue weighted by Gasteiger charge is -2.21. The number of nitrogens with one attached hydrogen (secondary N) is 1. The number of piperidine rings is 1. The molecule has 1 fully saturated rings. The molecule has 2 aromatic heterocycles. The first-order valence-corrected chi connectivity index (χ1v) is 5.38. The van der Waals surface area contributed by atoms with Crippen LogP contribution in [-0.4, -0.2) is 26.9 Å². The van der Waals surface area contributed by atoms with E-state index in [9.17, 15) is 4.79 Å². The summed E-state index contributed by atoms with van der Waals surface area (Å²) in [5.74, 6) is 1.11. The normalized spacial score (nSPS) is 21.5. The molecule has 0 amide bonds. The lowest BCUT2D eigenvalue weighted by atomic mass is 10.0. The number of imidazole rings is 1. The van der Waals surface area contributed by atoms with Gasteiger partial charge in [-0.05, 0) is 12.1 Å². The van der Waals surface area contributed by atoms with Gasteiger partial charge in [0.15, 0.2) is 0 Å². The van der Waals surface area contributed by atoms with E-state index in [4.69, 9.17) is 0 Å². The van der Waals surface area contributed by atoms with Crippen LogP contribution in [0.4, 0.5) is 0 Å². The second-order valence-corrected chi connectivity index (χ2v) is 3.98. The molecule has 3 rings (SSSR count). The first-order valence-electron chi connectivity index (χ1n) is 5.38. The van der Waals surface area contributed by atoms with Crippen LogP contribution in [0.3, 0.4) is 0 Å². The molecule has 3 heterocycles. The third-order valence-corrected chi connectivity index (χ3v) is 2.86. The summed E-state index contributed by atoms with van der Waals surface area (Å²) in [6.07, 6.45) is 4.63. The number of hydrogen-bond acceptors (Lipinski definition) is 4. The van der Waals surface area contributed by atoms with Crippen molar-refractivity contribution in [2.24, 2.45) is 0 Å². The fourth-order valence-electron chi connectivity index (χ4n) is 2.07. The molecular weight excluding hydrogens is 204 g/mol. The fraction of sp³-hybridized carbons (Fsp3) is 0.364. The minimum absolute atomic E-state index is 0.00125. The largest absolute Gasteiger partial charge is 0.306 e. The predicted octanol–water partition coefficient (Wildman–Crippen LogP) is 0.723. The summed E-state index contributed by atoms with van der Waals surface area (Å²) in [5, 5.41) is 7.54. The second-order valence-electron chi connectivity index (χ2n) is 3.98. The molecular formula is C11H12N4O. The SMILES string of the molecule is O=C1CCNC(c2ncc3cccnn23)C1. The third kappa shape index (κ3) is 1.49. The Bertz CT molecular complexity index is 534. The molecule has 1 atom stereocenters. The van der Waals surface area contributed by atoms with Crippen molar-refractivity contribution in [2.45, 2.75) is 18.9 Å². The highest BCUT2D eigenvalue weighted by Crippen LogP contribution is 2.20. The van der Waals surface area contributed by atoms with Crippen LogP contribution in [0.25, 0.3) is 5.52 Å². The van der Waals surface area contributed by atoms with Crippen molar-refractivity contribution >= 4 is 11.3 Å². The van der Waals surface area contributed by atoms with Crippen molar-refractivity contribution in [1.82, 2.24) is 19.9 Å². The summed E-state index contributed by atoms with van der Waals surface area (Å²) in [6.45, 7) is 0.727. The monoisotopic (exact) mass is 216 g/mol. The molecule has 1 unspecified atom stereocenters. The molecule has 1 aliphatic heterocycles. The van der Waals surface area contributed by atoms with Crippen LogP contribution < -0.4 is 5.32 Å². The van der Waals surface area contributed by atoms with E-state index in [0.717, 1.165) is 17.9 Å². The molecule has 0 spiro atoms. The van der Waals surface area contributed by atoms with Crippen molar-refractivity contribution in [3.8, 4) is 0 Å². The Labute approximate surface area is 92.5 Å². The molecule has 0 aliphatic carbocycles. The van der Waals surface area contributed by atoms with Crippen molar-refractivity contribution in [3.05, 3.63) is 30.4 Å². The minimum atomic E-state index is -0.00125. The summed E-state index contributed by atoms with van der Waals surface area (Å²) in [6, 6.07) is 3.83. The highest BCUT2D eigenvalue weighted by Gasteiger charge is 2.24. The lowest BCUT2D eigenvalue weighted by molar-refractivity contribution is -0.120. The maximum atomic E-state index is 11.4. The molecule has 5 heteroatoms. The average molecular weight is 216 g/mol. The molecule has 0 aromatic carbocycles. The van der Waals surface area contributed by atoms with E-state index in [2.05, 4.69) is 15.4 Å². The predicted molar refractivity (Wildman–Crippen MR) is 58.0 cm³/mol. The summed E-state index contributed by atoms with van der Waals surface area (Å²) in [4.78, 5) is 15.7. The summed E-state index contributed by atoms with van der Waals surface area (Å²) in [7, 11) is 0. The van der Waals surface area contributed by atoms with Gasteiger partial charge < -0.3 is 5.32 Å². The van der Waals surface area contributed by atoms with Crippen molar-refractivity contribution in [1.29, 1.82) is 0 Å². The Morgan fingerprint density at radius 1 is 1.50 bits per heavy atom. The van der Waals surface area contributed by atoms with E-state index in [1.165, 1.54) is 0 Å². The molecule has 1 N–H and O–H groups in total. The number of hydrogen-bond donors (Lipinski definition) is 1. The van der Waals surface area contributed by atoms with E-state index in [1.54, 1.807) is 16.9 Å². The number of carbonyl (C=O) groups excluding carboxylic acids is 1. The van der Waals surface area contributed by atoms with E-state index < -0.39 is 0 Å². The fourth-order valence-corrected chi connectivity index (χ4v) is 2.07. The summed E-state index contributed by atoms with van der Waals surface area (Å²) in [5.41, 5.74) is 0.956. The first-order chi connectivity index (χ1) is 7.84. The number of rotatable bonds is 1. The molecule has 1 aliphatic rings. The number of Topliss-reactive ketones (excluding diaryl/α,β-unsaturated/α-hetero) is 1. The van der Waals surface area contributed by atoms with Gasteiger partial charge in [0.1, 0.15) is 11.6 Å². The molecule has 2 aromatic rings. The van der Waals surface area contributed by atoms with Gasteiger partial charge in [-0.25, -0.2) is 9.50 Å². The topological polar surface area (TPSA) is 59.3 Å². The number of carbonyl (C=O) groups is 1. The first kappa shape index (κ1) is 9.47. The van der Waals surface area contributed by atoms with Gasteiger partial charge in [-0.2, -0.15) is 5.10 Å². The maximum Gasteiger partial charge on any atom is 0.147 e. The van der Waals surface area contributed by atoms with Crippen molar-refractivity contribution < 1.29 is 4.79 Å². The zero-order valence-electron chi connectivity index (χ0n) is 8.76. The van der Waals surface area contributed by atoms with E-state index in [-0.39, 0.29) is 11.8 Å². The number of nitrogens with zero attached hydrogens (tertiary/aromatic N) is 3. The molecule has 5 nitrogen and oxygen atoms in total. The van der Waals surface area contributed by atoms with Crippen LogP contribution in [0.5, 0.6) is 0 Å². The van der Waals surface area contributed by atoms with E-state index >= 15 is 0 Å². The number of fused-ring (bicyclic) bond motifs is 1. The van der Waals surface area contributed by atoms with Gasteiger partial charge in [0.25, 0.3) is 0 Å². The minimum Gasteiger partial charge on any atom is -0.306 e. The van der Waals surface area contributed by atoms with Crippen molar-refractivity contribution in [2.75, 3.05) is 6.54 Å². The quantitative estimate of drug-likeness (QED) is 0.763. The standard InChI is InChI=1S/C11H12N4O/c16-9-3-5-12-10(6-9)11-13-7-8-2-1-4-14-15(8)11/h1-2,4,7,10,12H,3,5-6H2. The molecule has 0 saturated carbocycles. The van der Waals surface area contributed by atoms with Gasteiger partial charge in [-0.1, -0.05) is 0 Å². The highest BCUT2D eigenvalue weighted by atomic mass is 16.1. The van der Waals surface area contributed by atoms with Crippen LogP contribution >= 0.6 is 0 Å². The smallest absolute Gasteiger partial charge is 0.147 e. The zero-order valence-corrected chi connectivity index (χ0v) is 8.76. The van der Waals surface area contributed by atoms with Crippen LogP contribution in [0.1, 0.15) is 24.7 Å². The van der Waals surface area contributed by atoms with Gasteiger partial charge in [0, 0.05) is 25.6 Å². The molecule has 82 valence electrons.